The molecule has 6 heteroatoms. The van der Waals surface area contributed by atoms with Crippen molar-refractivity contribution in [1.82, 2.24) is 5.32 Å². The normalized spacial score (nSPS) is 14.1. The van der Waals surface area contributed by atoms with Gasteiger partial charge in [0.05, 0.1) is 12.1 Å². The van der Waals surface area contributed by atoms with Crippen LogP contribution in [0.1, 0.15) is 46.4 Å². The summed E-state index contributed by atoms with van der Waals surface area (Å²) in [6.45, 7) is 0. The first-order valence-electron chi connectivity index (χ1n) is 8.62. The third-order valence-corrected chi connectivity index (χ3v) is 4.78. The van der Waals surface area contributed by atoms with Crippen LogP contribution in [0, 0.1) is 0 Å². The minimum Gasteiger partial charge on any atom is -0.495 e. The molecular weight excluding hydrogens is 352 g/mol. The molecule has 26 heavy (non-hydrogen) atoms. The van der Waals surface area contributed by atoms with Gasteiger partial charge in [0, 0.05) is 22.9 Å². The first kappa shape index (κ1) is 18.3. The van der Waals surface area contributed by atoms with Gasteiger partial charge in [-0.05, 0) is 49.2 Å². The predicted octanol–water partition coefficient (Wildman–Crippen LogP) is 4.27. The Labute approximate surface area is 157 Å². The number of halogens is 1. The molecule has 0 aromatic heterocycles. The topological polar surface area (TPSA) is 67.4 Å². The van der Waals surface area contributed by atoms with Gasteiger partial charge in [-0.25, -0.2) is 0 Å². The van der Waals surface area contributed by atoms with E-state index >= 15 is 0 Å². The number of benzene rings is 2. The highest BCUT2D eigenvalue weighted by Crippen LogP contribution is 2.27. The minimum atomic E-state index is -0.304. The smallest absolute Gasteiger partial charge is 0.255 e. The van der Waals surface area contributed by atoms with Crippen molar-refractivity contribution >= 4 is 29.1 Å². The summed E-state index contributed by atoms with van der Waals surface area (Å²) in [5.41, 5.74) is 1.45. The Morgan fingerprint density at radius 1 is 1.04 bits per heavy atom. The number of anilines is 1. The van der Waals surface area contributed by atoms with Crippen LogP contribution in [-0.4, -0.2) is 25.0 Å². The summed E-state index contributed by atoms with van der Waals surface area (Å²) in [6, 6.07) is 11.9. The van der Waals surface area contributed by atoms with Crippen LogP contribution in [0.3, 0.4) is 0 Å². The third-order valence-electron chi connectivity index (χ3n) is 4.49. The number of ether oxygens (including phenoxy) is 1. The first-order valence-corrected chi connectivity index (χ1v) is 9.00. The molecular formula is C20H21ClN2O3. The molecule has 0 heterocycles. The maximum Gasteiger partial charge on any atom is 0.255 e. The van der Waals surface area contributed by atoms with Gasteiger partial charge in [-0.1, -0.05) is 30.5 Å². The maximum atomic E-state index is 12.5. The van der Waals surface area contributed by atoms with Crippen molar-refractivity contribution in [2.75, 3.05) is 12.4 Å². The van der Waals surface area contributed by atoms with E-state index in [1.807, 2.05) is 0 Å². The van der Waals surface area contributed by atoms with E-state index in [1.54, 1.807) is 42.5 Å². The molecule has 0 radical (unpaired) electrons. The van der Waals surface area contributed by atoms with Crippen LogP contribution in [0.4, 0.5) is 5.69 Å². The van der Waals surface area contributed by atoms with Gasteiger partial charge < -0.3 is 15.4 Å². The van der Waals surface area contributed by atoms with E-state index in [4.69, 9.17) is 16.3 Å². The lowest BCUT2D eigenvalue weighted by atomic mass is 10.1. The lowest BCUT2D eigenvalue weighted by Gasteiger charge is -2.12. The molecule has 2 aromatic carbocycles. The molecule has 1 fully saturated rings. The molecule has 1 aliphatic carbocycles. The predicted molar refractivity (Wildman–Crippen MR) is 102 cm³/mol. The van der Waals surface area contributed by atoms with Crippen molar-refractivity contribution < 1.29 is 14.3 Å². The van der Waals surface area contributed by atoms with Crippen LogP contribution < -0.4 is 15.4 Å². The number of nitrogens with one attached hydrogen (secondary N) is 2. The van der Waals surface area contributed by atoms with E-state index in [0.29, 0.717) is 27.6 Å². The van der Waals surface area contributed by atoms with Crippen LogP contribution in [0.15, 0.2) is 42.5 Å². The second-order valence-electron chi connectivity index (χ2n) is 6.34. The molecule has 5 nitrogen and oxygen atoms in total. The molecule has 3 rings (SSSR count). The molecule has 1 saturated carbocycles. The molecule has 0 saturated heterocycles. The number of hydrogen-bond acceptors (Lipinski definition) is 3. The first-order chi connectivity index (χ1) is 12.6. The molecule has 1 aliphatic rings. The van der Waals surface area contributed by atoms with Crippen LogP contribution >= 0.6 is 11.6 Å². The largest absolute Gasteiger partial charge is 0.495 e. The molecule has 0 unspecified atom stereocenters. The SMILES string of the molecule is COc1ccc(NC(=O)c2cccc(C(=O)NC3CCCC3)c2)cc1Cl. The molecule has 2 N–H and O–H groups in total. The average Bonchev–Trinajstić information content (AvgIpc) is 3.15. The summed E-state index contributed by atoms with van der Waals surface area (Å²) in [4.78, 5) is 24.9. The van der Waals surface area contributed by atoms with Crippen LogP contribution in [0.2, 0.25) is 5.02 Å². The van der Waals surface area contributed by atoms with Gasteiger partial charge >= 0.3 is 0 Å². The lowest BCUT2D eigenvalue weighted by molar-refractivity contribution is 0.0938. The van der Waals surface area contributed by atoms with Crippen molar-refractivity contribution in [2.24, 2.45) is 0 Å². The molecule has 0 aliphatic heterocycles. The van der Waals surface area contributed by atoms with Crippen LogP contribution in [0.5, 0.6) is 5.75 Å². The number of rotatable bonds is 5. The van der Waals surface area contributed by atoms with E-state index in [0.717, 1.165) is 25.7 Å². The Hall–Kier alpha value is -2.53. The molecule has 0 atom stereocenters. The zero-order valence-electron chi connectivity index (χ0n) is 14.5. The Balaban J connectivity index is 1.69. The fraction of sp³-hybridized carbons (Fsp3) is 0.300. The number of hydrogen-bond donors (Lipinski definition) is 2. The monoisotopic (exact) mass is 372 g/mol. The van der Waals surface area contributed by atoms with Gasteiger partial charge in [0.1, 0.15) is 5.75 Å². The second-order valence-corrected chi connectivity index (χ2v) is 6.75. The van der Waals surface area contributed by atoms with E-state index < -0.39 is 0 Å². The highest BCUT2D eigenvalue weighted by Gasteiger charge is 2.18. The summed E-state index contributed by atoms with van der Waals surface area (Å²) in [5, 5.41) is 6.22. The minimum absolute atomic E-state index is 0.140. The number of amides is 2. The van der Waals surface area contributed by atoms with Crippen molar-refractivity contribution in [1.29, 1.82) is 0 Å². The molecule has 2 amide bonds. The van der Waals surface area contributed by atoms with Crippen molar-refractivity contribution in [3.8, 4) is 5.75 Å². The average molecular weight is 373 g/mol. The van der Waals surface area contributed by atoms with Crippen molar-refractivity contribution in [3.63, 3.8) is 0 Å². The standard InChI is InChI=1S/C20H21ClN2O3/c1-26-18-10-9-16(12-17(18)21)23-20(25)14-6-4-5-13(11-14)19(24)22-15-7-2-3-8-15/h4-6,9-12,15H,2-3,7-8H2,1H3,(H,22,24)(H,23,25). The van der Waals surface area contributed by atoms with Crippen LogP contribution in [0.25, 0.3) is 0 Å². The number of methoxy groups -OCH3 is 1. The van der Waals surface area contributed by atoms with E-state index in [9.17, 15) is 9.59 Å². The Bertz CT molecular complexity index is 816. The Morgan fingerprint density at radius 2 is 1.73 bits per heavy atom. The van der Waals surface area contributed by atoms with E-state index in [2.05, 4.69) is 10.6 Å². The van der Waals surface area contributed by atoms with Crippen molar-refractivity contribution in [3.05, 3.63) is 58.6 Å². The fourth-order valence-corrected chi connectivity index (χ4v) is 3.35. The van der Waals surface area contributed by atoms with Gasteiger partial charge in [-0.15, -0.1) is 0 Å². The third kappa shape index (κ3) is 4.35. The maximum absolute atomic E-state index is 12.5. The highest BCUT2D eigenvalue weighted by molar-refractivity contribution is 6.32. The van der Waals surface area contributed by atoms with E-state index in [-0.39, 0.29) is 17.9 Å². The fourth-order valence-electron chi connectivity index (χ4n) is 3.09. The van der Waals surface area contributed by atoms with Gasteiger partial charge in [0.25, 0.3) is 11.8 Å². The van der Waals surface area contributed by atoms with Gasteiger partial charge in [0.2, 0.25) is 0 Å². The van der Waals surface area contributed by atoms with Gasteiger partial charge in [-0.2, -0.15) is 0 Å². The zero-order chi connectivity index (χ0) is 18.5. The Morgan fingerprint density at radius 3 is 2.38 bits per heavy atom. The molecule has 0 bridgehead atoms. The summed E-state index contributed by atoms with van der Waals surface area (Å²) in [6.07, 6.45) is 4.34. The lowest BCUT2D eigenvalue weighted by Crippen LogP contribution is -2.32. The van der Waals surface area contributed by atoms with Crippen LogP contribution in [-0.2, 0) is 0 Å². The Kier molecular flexibility index (Phi) is 5.78. The highest BCUT2D eigenvalue weighted by atomic mass is 35.5. The number of carbonyl (C=O) groups excluding carboxylic acids is 2. The van der Waals surface area contributed by atoms with Gasteiger partial charge in [0.15, 0.2) is 0 Å². The zero-order valence-corrected chi connectivity index (χ0v) is 15.3. The summed E-state index contributed by atoms with van der Waals surface area (Å²) < 4.78 is 5.10. The summed E-state index contributed by atoms with van der Waals surface area (Å²) >= 11 is 6.08. The van der Waals surface area contributed by atoms with Gasteiger partial charge in [-0.3, -0.25) is 9.59 Å². The quantitative estimate of drug-likeness (QED) is 0.823. The van der Waals surface area contributed by atoms with Crippen molar-refractivity contribution in [2.45, 2.75) is 31.7 Å². The molecule has 0 spiro atoms. The molecule has 2 aromatic rings. The summed E-state index contributed by atoms with van der Waals surface area (Å²) in [5.74, 6) is 0.0936. The molecule has 136 valence electrons. The second kappa shape index (κ2) is 8.23. The van der Waals surface area contributed by atoms with E-state index in [1.165, 1.54) is 7.11 Å². The summed E-state index contributed by atoms with van der Waals surface area (Å²) in [7, 11) is 1.53. The number of carbonyl (C=O) groups is 2.